The summed E-state index contributed by atoms with van der Waals surface area (Å²) < 4.78 is 16.9. The van der Waals surface area contributed by atoms with Crippen LogP contribution < -0.4 is 14.8 Å². The van der Waals surface area contributed by atoms with Gasteiger partial charge in [-0.3, -0.25) is 0 Å². The summed E-state index contributed by atoms with van der Waals surface area (Å²) in [7, 11) is 1.73. The first-order chi connectivity index (χ1) is 9.76. The quantitative estimate of drug-likeness (QED) is 0.896. The molecule has 20 heavy (non-hydrogen) atoms. The average molecular weight is 277 g/mol. The van der Waals surface area contributed by atoms with E-state index in [1.54, 1.807) is 7.11 Å². The van der Waals surface area contributed by atoms with Crippen molar-refractivity contribution in [2.24, 2.45) is 0 Å². The molecule has 1 saturated heterocycles. The van der Waals surface area contributed by atoms with Crippen LogP contribution in [0.2, 0.25) is 0 Å². The molecule has 1 aromatic carbocycles. The lowest BCUT2D eigenvalue weighted by molar-refractivity contribution is 0.110. The molecule has 0 radical (unpaired) electrons. The predicted molar refractivity (Wildman–Crippen MR) is 77.5 cm³/mol. The van der Waals surface area contributed by atoms with Gasteiger partial charge in [-0.1, -0.05) is 0 Å². The Bertz CT molecular complexity index is 469. The Morgan fingerprint density at radius 3 is 3.05 bits per heavy atom. The molecule has 3 rings (SSSR count). The van der Waals surface area contributed by atoms with Crippen molar-refractivity contribution < 1.29 is 14.2 Å². The molecule has 1 N–H and O–H groups in total. The van der Waals surface area contributed by atoms with Crippen molar-refractivity contribution in [2.75, 3.05) is 20.3 Å². The number of benzene rings is 1. The molecule has 0 aliphatic carbocycles. The number of methoxy groups -OCH3 is 1. The molecule has 1 fully saturated rings. The zero-order chi connectivity index (χ0) is 13.9. The molecule has 0 saturated carbocycles. The number of fused-ring (bicyclic) bond motifs is 1. The lowest BCUT2D eigenvalue weighted by atomic mass is 10.1. The molecule has 0 bridgehead atoms. The maximum atomic E-state index is 5.82. The standard InChI is InChI=1S/C16H23NO3/c1-11-6-12-7-15(18-2)13(8-16(12)20-11)9-17-10-14-4-3-5-19-14/h7-8,11,14,17H,3-6,9-10H2,1-2H3. The number of nitrogens with one attached hydrogen (secondary N) is 1. The van der Waals surface area contributed by atoms with Gasteiger partial charge < -0.3 is 19.5 Å². The van der Waals surface area contributed by atoms with Crippen LogP contribution >= 0.6 is 0 Å². The third-order valence-electron chi connectivity index (χ3n) is 4.01. The molecule has 2 heterocycles. The molecule has 2 atom stereocenters. The molecule has 2 aliphatic heterocycles. The Hall–Kier alpha value is -1.26. The second kappa shape index (κ2) is 6.02. The second-order valence-corrected chi connectivity index (χ2v) is 5.67. The molecule has 2 aliphatic rings. The third-order valence-corrected chi connectivity index (χ3v) is 4.01. The van der Waals surface area contributed by atoms with Crippen LogP contribution in [0.15, 0.2) is 12.1 Å². The van der Waals surface area contributed by atoms with Crippen LogP contribution in [0.3, 0.4) is 0 Å². The largest absolute Gasteiger partial charge is 0.496 e. The molecule has 1 aromatic rings. The SMILES string of the molecule is COc1cc2c(cc1CNCC1CCCO1)OC(C)C2. The second-order valence-electron chi connectivity index (χ2n) is 5.67. The Kier molecular flexibility index (Phi) is 4.13. The van der Waals surface area contributed by atoms with Crippen LogP contribution in [-0.4, -0.2) is 32.5 Å². The van der Waals surface area contributed by atoms with Crippen LogP contribution in [0.4, 0.5) is 0 Å². The van der Waals surface area contributed by atoms with Gasteiger partial charge in [-0.25, -0.2) is 0 Å². The highest BCUT2D eigenvalue weighted by atomic mass is 16.5. The minimum absolute atomic E-state index is 0.268. The molecular formula is C16H23NO3. The van der Waals surface area contributed by atoms with Crippen molar-refractivity contribution in [1.82, 2.24) is 5.32 Å². The van der Waals surface area contributed by atoms with Gasteiger partial charge in [-0.2, -0.15) is 0 Å². The molecule has 110 valence electrons. The van der Waals surface area contributed by atoms with E-state index in [-0.39, 0.29) is 6.10 Å². The molecule has 0 aromatic heterocycles. The highest BCUT2D eigenvalue weighted by molar-refractivity contribution is 5.48. The minimum Gasteiger partial charge on any atom is -0.496 e. The minimum atomic E-state index is 0.268. The number of ether oxygens (including phenoxy) is 3. The monoisotopic (exact) mass is 277 g/mol. The maximum absolute atomic E-state index is 5.82. The van der Waals surface area contributed by atoms with Crippen LogP contribution in [0.1, 0.15) is 30.9 Å². The maximum Gasteiger partial charge on any atom is 0.123 e. The summed E-state index contributed by atoms with van der Waals surface area (Å²) in [6.45, 7) is 4.69. The van der Waals surface area contributed by atoms with Gasteiger partial charge in [0.2, 0.25) is 0 Å². The zero-order valence-electron chi connectivity index (χ0n) is 12.3. The van der Waals surface area contributed by atoms with E-state index in [2.05, 4.69) is 24.4 Å². The summed E-state index contributed by atoms with van der Waals surface area (Å²) >= 11 is 0. The van der Waals surface area contributed by atoms with Crippen molar-refractivity contribution in [3.63, 3.8) is 0 Å². The van der Waals surface area contributed by atoms with E-state index >= 15 is 0 Å². The summed E-state index contributed by atoms with van der Waals surface area (Å²) in [4.78, 5) is 0. The smallest absolute Gasteiger partial charge is 0.123 e. The first kappa shape index (κ1) is 13.7. The molecule has 0 amide bonds. The van der Waals surface area contributed by atoms with Gasteiger partial charge in [-0.05, 0) is 31.9 Å². The Morgan fingerprint density at radius 2 is 2.30 bits per heavy atom. The zero-order valence-corrected chi connectivity index (χ0v) is 12.3. The predicted octanol–water partition coefficient (Wildman–Crippen LogP) is 2.29. The van der Waals surface area contributed by atoms with Crippen LogP contribution in [0.5, 0.6) is 11.5 Å². The van der Waals surface area contributed by atoms with E-state index in [0.29, 0.717) is 6.10 Å². The van der Waals surface area contributed by atoms with Gasteiger partial charge in [0.25, 0.3) is 0 Å². The summed E-state index contributed by atoms with van der Waals surface area (Å²) in [5.74, 6) is 1.95. The Morgan fingerprint density at radius 1 is 1.40 bits per heavy atom. The fraction of sp³-hybridized carbons (Fsp3) is 0.625. The van der Waals surface area contributed by atoms with E-state index < -0.39 is 0 Å². The molecule has 2 unspecified atom stereocenters. The lowest BCUT2D eigenvalue weighted by Gasteiger charge is -2.14. The first-order valence-electron chi connectivity index (χ1n) is 7.45. The van der Waals surface area contributed by atoms with Gasteiger partial charge in [0.1, 0.15) is 17.6 Å². The van der Waals surface area contributed by atoms with Crippen molar-refractivity contribution >= 4 is 0 Å². The van der Waals surface area contributed by atoms with E-state index in [0.717, 1.165) is 49.6 Å². The van der Waals surface area contributed by atoms with Crippen LogP contribution in [0, 0.1) is 0 Å². The number of hydrogen-bond donors (Lipinski definition) is 1. The van der Waals surface area contributed by atoms with Gasteiger partial charge in [-0.15, -0.1) is 0 Å². The summed E-state index contributed by atoms with van der Waals surface area (Å²) in [5, 5.41) is 3.46. The van der Waals surface area contributed by atoms with Crippen molar-refractivity contribution in [3.8, 4) is 11.5 Å². The van der Waals surface area contributed by atoms with Crippen molar-refractivity contribution in [3.05, 3.63) is 23.3 Å². The highest BCUT2D eigenvalue weighted by Crippen LogP contribution is 2.34. The lowest BCUT2D eigenvalue weighted by Crippen LogP contribution is -2.26. The normalized spacial score (nSPS) is 24.5. The van der Waals surface area contributed by atoms with E-state index in [1.165, 1.54) is 12.0 Å². The fourth-order valence-electron chi connectivity index (χ4n) is 2.98. The fourth-order valence-corrected chi connectivity index (χ4v) is 2.98. The summed E-state index contributed by atoms with van der Waals surface area (Å²) in [6.07, 6.45) is 3.95. The Balaban J connectivity index is 1.64. The molecule has 4 heteroatoms. The first-order valence-corrected chi connectivity index (χ1v) is 7.45. The van der Waals surface area contributed by atoms with Crippen molar-refractivity contribution in [2.45, 2.75) is 44.9 Å². The highest BCUT2D eigenvalue weighted by Gasteiger charge is 2.22. The number of rotatable bonds is 5. The number of hydrogen-bond acceptors (Lipinski definition) is 4. The average Bonchev–Trinajstić information content (AvgIpc) is 3.05. The Labute approximate surface area is 120 Å². The van der Waals surface area contributed by atoms with E-state index in [1.807, 2.05) is 0 Å². The summed E-state index contributed by atoms with van der Waals surface area (Å²) in [5.41, 5.74) is 2.40. The third kappa shape index (κ3) is 2.91. The van der Waals surface area contributed by atoms with Crippen LogP contribution in [-0.2, 0) is 17.7 Å². The van der Waals surface area contributed by atoms with Crippen molar-refractivity contribution in [1.29, 1.82) is 0 Å². The topological polar surface area (TPSA) is 39.7 Å². The van der Waals surface area contributed by atoms with E-state index in [9.17, 15) is 0 Å². The van der Waals surface area contributed by atoms with Gasteiger partial charge in [0, 0.05) is 37.2 Å². The molecular weight excluding hydrogens is 254 g/mol. The van der Waals surface area contributed by atoms with Gasteiger partial charge in [0.15, 0.2) is 0 Å². The van der Waals surface area contributed by atoms with Gasteiger partial charge in [0.05, 0.1) is 13.2 Å². The van der Waals surface area contributed by atoms with E-state index in [4.69, 9.17) is 14.2 Å². The molecule has 4 nitrogen and oxygen atoms in total. The van der Waals surface area contributed by atoms with Gasteiger partial charge >= 0.3 is 0 Å². The molecule has 0 spiro atoms. The summed E-state index contributed by atoms with van der Waals surface area (Å²) in [6, 6.07) is 4.22. The van der Waals surface area contributed by atoms with Crippen LogP contribution in [0.25, 0.3) is 0 Å².